The molecule has 2 aromatic heterocycles. The number of rotatable bonds is 7. The molecule has 3 aliphatic rings. The van der Waals surface area contributed by atoms with Gasteiger partial charge in [0.1, 0.15) is 12.1 Å². The maximum absolute atomic E-state index is 12.9. The molecule has 2 saturated heterocycles. The van der Waals surface area contributed by atoms with E-state index >= 15 is 0 Å². The van der Waals surface area contributed by atoms with E-state index in [1.165, 1.54) is 18.6 Å². The predicted molar refractivity (Wildman–Crippen MR) is 136 cm³/mol. The number of halogens is 3. The second-order valence-electron chi connectivity index (χ2n) is 11.1. The van der Waals surface area contributed by atoms with Crippen LogP contribution in [0.15, 0.2) is 18.6 Å². The van der Waals surface area contributed by atoms with Crippen LogP contribution in [0.4, 0.5) is 19.0 Å². The smallest absolute Gasteiger partial charge is 0.355 e. The molecule has 1 saturated carbocycles. The first-order valence-corrected chi connectivity index (χ1v) is 14.8. The standard InChI is InChI=1S/C25H35F3N6O2S/c1-2-37(35,36)32-20-5-3-18(4-6-20)14-33-9-7-24(8-10-33)15-34(16-24)23-21-11-19(12-25(26,27)28)13-29-22(21)30-17-31-23/h11,13,17-18,20,32H,2-10,12,14-16H2,1H3. The summed E-state index contributed by atoms with van der Waals surface area (Å²) in [5.74, 6) is 1.41. The minimum Gasteiger partial charge on any atom is -0.355 e. The molecular formula is C25H35F3N6O2S. The Labute approximate surface area is 216 Å². The van der Waals surface area contributed by atoms with Gasteiger partial charge in [0.2, 0.25) is 10.0 Å². The molecule has 0 aromatic carbocycles. The number of pyridine rings is 1. The van der Waals surface area contributed by atoms with Gasteiger partial charge in [-0.3, -0.25) is 0 Å². The molecule has 1 spiro atoms. The molecule has 5 rings (SSSR count). The van der Waals surface area contributed by atoms with Gasteiger partial charge < -0.3 is 9.80 Å². The van der Waals surface area contributed by atoms with E-state index in [-0.39, 0.29) is 22.8 Å². The van der Waals surface area contributed by atoms with Crippen molar-refractivity contribution in [1.82, 2.24) is 24.6 Å². The molecule has 0 radical (unpaired) electrons. The Balaban J connectivity index is 1.12. The van der Waals surface area contributed by atoms with Crippen LogP contribution in [0.2, 0.25) is 0 Å². The van der Waals surface area contributed by atoms with Crippen LogP contribution in [0.5, 0.6) is 0 Å². The number of piperidine rings is 1. The molecule has 204 valence electrons. The van der Waals surface area contributed by atoms with Gasteiger partial charge in [-0.25, -0.2) is 28.1 Å². The van der Waals surface area contributed by atoms with Gasteiger partial charge in [0.25, 0.3) is 0 Å². The molecule has 0 amide bonds. The van der Waals surface area contributed by atoms with Crippen molar-refractivity contribution < 1.29 is 21.6 Å². The minimum absolute atomic E-state index is 0.0735. The Morgan fingerprint density at radius 1 is 1.08 bits per heavy atom. The minimum atomic E-state index is -4.29. The lowest BCUT2D eigenvalue weighted by molar-refractivity contribution is -0.127. The highest BCUT2D eigenvalue weighted by Gasteiger charge is 2.46. The molecule has 12 heteroatoms. The molecule has 1 aliphatic carbocycles. The van der Waals surface area contributed by atoms with Crippen molar-refractivity contribution >= 4 is 26.9 Å². The van der Waals surface area contributed by atoms with Crippen molar-refractivity contribution in [3.8, 4) is 0 Å². The molecule has 0 unspecified atom stereocenters. The highest BCUT2D eigenvalue weighted by atomic mass is 32.2. The van der Waals surface area contributed by atoms with Crippen LogP contribution >= 0.6 is 0 Å². The summed E-state index contributed by atoms with van der Waals surface area (Å²) < 4.78 is 65.2. The Hall–Kier alpha value is -2.05. The van der Waals surface area contributed by atoms with E-state index in [9.17, 15) is 21.6 Å². The number of sulfonamides is 1. The van der Waals surface area contributed by atoms with Crippen molar-refractivity contribution in [3.63, 3.8) is 0 Å². The second kappa shape index (κ2) is 10.3. The number of hydrogen-bond acceptors (Lipinski definition) is 7. The van der Waals surface area contributed by atoms with E-state index in [1.807, 2.05) is 0 Å². The van der Waals surface area contributed by atoms with Gasteiger partial charge in [0, 0.05) is 37.3 Å². The lowest BCUT2D eigenvalue weighted by Crippen LogP contribution is -2.61. The zero-order valence-electron chi connectivity index (χ0n) is 21.2. The van der Waals surface area contributed by atoms with E-state index in [0.717, 1.165) is 71.2 Å². The highest BCUT2D eigenvalue weighted by Crippen LogP contribution is 2.43. The molecule has 0 bridgehead atoms. The number of likely N-dealkylation sites (tertiary alicyclic amines) is 1. The van der Waals surface area contributed by atoms with Crippen molar-refractivity contribution in [3.05, 3.63) is 24.2 Å². The molecule has 2 aromatic rings. The summed E-state index contributed by atoms with van der Waals surface area (Å²) in [6.07, 6.45) is 3.48. The summed E-state index contributed by atoms with van der Waals surface area (Å²) in [7, 11) is -3.14. The van der Waals surface area contributed by atoms with Crippen LogP contribution in [0.25, 0.3) is 11.0 Å². The molecule has 1 N–H and O–H groups in total. The van der Waals surface area contributed by atoms with E-state index in [1.54, 1.807) is 6.92 Å². The largest absolute Gasteiger partial charge is 0.393 e. The molecule has 8 nitrogen and oxygen atoms in total. The number of aromatic nitrogens is 3. The first-order valence-electron chi connectivity index (χ1n) is 13.2. The Bertz CT molecular complexity index is 1200. The zero-order valence-corrected chi connectivity index (χ0v) is 22.0. The average molecular weight is 541 g/mol. The SMILES string of the molecule is CCS(=O)(=O)NC1CCC(CN2CCC3(CC2)CN(c2ncnc4ncc(CC(F)(F)F)cc24)C3)CC1. The number of alkyl halides is 3. The first kappa shape index (κ1) is 26.6. The zero-order chi connectivity index (χ0) is 26.3. The number of hydrogen-bond donors (Lipinski definition) is 1. The van der Waals surface area contributed by atoms with Crippen molar-refractivity contribution in [1.29, 1.82) is 0 Å². The van der Waals surface area contributed by atoms with Crippen LogP contribution in [0, 0.1) is 11.3 Å². The summed E-state index contributed by atoms with van der Waals surface area (Å²) in [5.41, 5.74) is 0.765. The van der Waals surface area contributed by atoms with E-state index in [0.29, 0.717) is 22.8 Å². The summed E-state index contributed by atoms with van der Waals surface area (Å²) >= 11 is 0. The Kier molecular flexibility index (Phi) is 7.36. The molecule has 0 atom stereocenters. The first-order chi connectivity index (χ1) is 17.5. The fraction of sp³-hybridized carbons (Fsp3) is 0.720. The Morgan fingerprint density at radius 3 is 2.43 bits per heavy atom. The van der Waals surface area contributed by atoms with E-state index < -0.39 is 22.6 Å². The van der Waals surface area contributed by atoms with E-state index in [4.69, 9.17) is 0 Å². The fourth-order valence-electron chi connectivity index (χ4n) is 6.16. The summed E-state index contributed by atoms with van der Waals surface area (Å²) in [6, 6.07) is 1.60. The monoisotopic (exact) mass is 540 g/mol. The van der Waals surface area contributed by atoms with Crippen molar-refractivity contribution in [2.24, 2.45) is 11.3 Å². The molecular weight excluding hydrogens is 505 g/mol. The van der Waals surface area contributed by atoms with Gasteiger partial charge >= 0.3 is 6.18 Å². The number of nitrogens with zero attached hydrogens (tertiary/aromatic N) is 5. The van der Waals surface area contributed by atoms with Gasteiger partial charge in [0.15, 0.2) is 5.65 Å². The summed E-state index contributed by atoms with van der Waals surface area (Å²) in [4.78, 5) is 17.4. The number of anilines is 1. The lowest BCUT2D eigenvalue weighted by atomic mass is 9.71. The van der Waals surface area contributed by atoms with Crippen LogP contribution in [-0.2, 0) is 16.4 Å². The second-order valence-corrected chi connectivity index (χ2v) is 13.1. The third-order valence-electron chi connectivity index (χ3n) is 8.29. The summed E-state index contributed by atoms with van der Waals surface area (Å²) in [6.45, 7) is 6.51. The van der Waals surface area contributed by atoms with Gasteiger partial charge in [-0.05, 0) is 76.1 Å². The predicted octanol–water partition coefficient (Wildman–Crippen LogP) is 3.53. The Morgan fingerprint density at radius 2 is 1.78 bits per heavy atom. The van der Waals surface area contributed by atoms with Crippen LogP contribution in [0.3, 0.4) is 0 Å². The molecule has 4 heterocycles. The quantitative estimate of drug-likeness (QED) is 0.575. The summed E-state index contributed by atoms with van der Waals surface area (Å²) in [5, 5.41) is 0.577. The average Bonchev–Trinajstić information content (AvgIpc) is 2.83. The highest BCUT2D eigenvalue weighted by molar-refractivity contribution is 7.89. The molecule has 3 fully saturated rings. The van der Waals surface area contributed by atoms with E-state index in [2.05, 4.69) is 29.5 Å². The normalized spacial score (nSPS) is 24.9. The molecule has 2 aliphatic heterocycles. The number of fused-ring (bicyclic) bond motifs is 1. The van der Waals surface area contributed by atoms with Gasteiger partial charge in [0.05, 0.1) is 17.6 Å². The number of nitrogens with one attached hydrogen (secondary N) is 1. The van der Waals surface area contributed by atoms with Gasteiger partial charge in [-0.1, -0.05) is 0 Å². The van der Waals surface area contributed by atoms with Gasteiger partial charge in [-0.15, -0.1) is 0 Å². The lowest BCUT2D eigenvalue weighted by Gasteiger charge is -2.55. The fourth-order valence-corrected chi connectivity index (χ4v) is 7.07. The van der Waals surface area contributed by atoms with Crippen LogP contribution < -0.4 is 9.62 Å². The van der Waals surface area contributed by atoms with Crippen molar-refractivity contribution in [2.75, 3.05) is 43.4 Å². The maximum atomic E-state index is 12.9. The molecule has 37 heavy (non-hydrogen) atoms. The van der Waals surface area contributed by atoms with Crippen LogP contribution in [-0.4, -0.2) is 79.0 Å². The van der Waals surface area contributed by atoms with Crippen molar-refractivity contribution in [2.45, 2.75) is 64.1 Å². The third kappa shape index (κ3) is 6.34. The topological polar surface area (TPSA) is 91.3 Å². The maximum Gasteiger partial charge on any atom is 0.393 e. The third-order valence-corrected chi connectivity index (χ3v) is 9.74. The van der Waals surface area contributed by atoms with Crippen LogP contribution in [0.1, 0.15) is 51.0 Å². The van der Waals surface area contributed by atoms with Gasteiger partial charge in [-0.2, -0.15) is 13.2 Å².